The van der Waals surface area contributed by atoms with E-state index in [1.165, 1.54) is 0 Å². The Morgan fingerprint density at radius 3 is 2.25 bits per heavy atom. The number of nitrogens with zero attached hydrogens (tertiary/aromatic N) is 1. The quantitative estimate of drug-likeness (QED) is 0.220. The Bertz CT molecular complexity index is 524. The van der Waals surface area contributed by atoms with Crippen LogP contribution in [-0.2, 0) is 9.59 Å². The van der Waals surface area contributed by atoms with E-state index in [9.17, 15) is 19.7 Å². The van der Waals surface area contributed by atoms with E-state index < -0.39 is 35.0 Å². The van der Waals surface area contributed by atoms with Crippen molar-refractivity contribution in [2.75, 3.05) is 6.54 Å². The molecule has 1 unspecified atom stereocenters. The van der Waals surface area contributed by atoms with Gasteiger partial charge in [0.1, 0.15) is 6.04 Å². The van der Waals surface area contributed by atoms with Crippen molar-refractivity contribution in [3.8, 4) is 0 Å². The summed E-state index contributed by atoms with van der Waals surface area (Å²) in [5, 5.41) is 30.4. The largest absolute Gasteiger partial charge is 0.477 e. The first-order chi connectivity index (χ1) is 9.41. The van der Waals surface area contributed by atoms with E-state index in [1.54, 1.807) is 30.3 Å². The zero-order valence-electron chi connectivity index (χ0n) is 10.2. The summed E-state index contributed by atoms with van der Waals surface area (Å²) in [4.78, 5) is 31.4. The highest BCUT2D eigenvalue weighted by Crippen LogP contribution is 2.13. The number of carboxylic acids is 2. The molecule has 8 heteroatoms. The molecule has 0 spiro atoms. The monoisotopic (exact) mass is 280 g/mol. The third kappa shape index (κ3) is 4.41. The van der Waals surface area contributed by atoms with E-state index in [0.29, 0.717) is 5.56 Å². The lowest BCUT2D eigenvalue weighted by Gasteiger charge is -2.13. The number of benzene rings is 1. The van der Waals surface area contributed by atoms with Gasteiger partial charge in [0.25, 0.3) is 0 Å². The molecular formula is C12H12N2O6. The van der Waals surface area contributed by atoms with Gasteiger partial charge in [-0.3, -0.25) is 10.1 Å². The maximum absolute atomic E-state index is 10.7. The summed E-state index contributed by atoms with van der Waals surface area (Å²) in [6, 6.07) is 7.49. The lowest BCUT2D eigenvalue weighted by molar-refractivity contribution is -0.484. The fourth-order valence-corrected chi connectivity index (χ4v) is 1.49. The third-order valence-electron chi connectivity index (χ3n) is 2.42. The average molecular weight is 280 g/mol. The summed E-state index contributed by atoms with van der Waals surface area (Å²) in [7, 11) is 0. The Morgan fingerprint density at radius 1 is 1.25 bits per heavy atom. The van der Waals surface area contributed by atoms with Gasteiger partial charge in [-0.25, -0.2) is 9.59 Å². The Hall–Kier alpha value is -2.90. The predicted molar refractivity (Wildman–Crippen MR) is 67.5 cm³/mol. The smallest absolute Gasteiger partial charge is 0.344 e. The van der Waals surface area contributed by atoms with Gasteiger partial charge < -0.3 is 15.5 Å². The van der Waals surface area contributed by atoms with Crippen LogP contribution >= 0.6 is 0 Å². The second-order valence-corrected chi connectivity index (χ2v) is 3.81. The van der Waals surface area contributed by atoms with Gasteiger partial charge in [0.05, 0.1) is 0 Å². The molecule has 1 aromatic rings. The van der Waals surface area contributed by atoms with Gasteiger partial charge in [-0.2, -0.15) is 0 Å². The van der Waals surface area contributed by atoms with Crippen molar-refractivity contribution in [2.24, 2.45) is 0 Å². The standard InChI is InChI=1S/C12H12N2O6/c15-11(16)9(12(17)18)6-13-10(7-14(19)20)8-4-2-1-3-5-8/h1-6,10,13H,7H2,(H,15,16)(H,17,18). The SMILES string of the molecule is O=C(O)C(=CNC(C[N+](=O)[O-])c1ccccc1)C(=O)O. The van der Waals surface area contributed by atoms with Crippen molar-refractivity contribution < 1.29 is 24.7 Å². The summed E-state index contributed by atoms with van der Waals surface area (Å²) in [5.41, 5.74) is -0.343. The van der Waals surface area contributed by atoms with Crippen molar-refractivity contribution in [3.63, 3.8) is 0 Å². The van der Waals surface area contributed by atoms with E-state index >= 15 is 0 Å². The molecule has 8 nitrogen and oxygen atoms in total. The molecule has 0 bridgehead atoms. The van der Waals surface area contributed by atoms with Crippen LogP contribution in [0.25, 0.3) is 0 Å². The van der Waals surface area contributed by atoms with Gasteiger partial charge in [-0.15, -0.1) is 0 Å². The summed E-state index contributed by atoms with van der Waals surface area (Å²) >= 11 is 0. The molecule has 106 valence electrons. The Kier molecular flexibility index (Phi) is 5.21. The number of hydrogen-bond donors (Lipinski definition) is 3. The number of aliphatic carboxylic acids is 2. The van der Waals surface area contributed by atoms with Crippen LogP contribution in [0.2, 0.25) is 0 Å². The fraction of sp³-hybridized carbons (Fsp3) is 0.167. The van der Waals surface area contributed by atoms with E-state index in [0.717, 1.165) is 6.20 Å². The van der Waals surface area contributed by atoms with E-state index in [-0.39, 0.29) is 0 Å². The van der Waals surface area contributed by atoms with Crippen molar-refractivity contribution in [2.45, 2.75) is 6.04 Å². The number of rotatable bonds is 7. The zero-order valence-corrected chi connectivity index (χ0v) is 10.2. The minimum absolute atomic E-state index is 0.507. The molecule has 0 aliphatic heterocycles. The summed E-state index contributed by atoms with van der Waals surface area (Å²) in [6.45, 7) is -0.507. The van der Waals surface area contributed by atoms with Crippen LogP contribution < -0.4 is 5.32 Å². The van der Waals surface area contributed by atoms with E-state index in [1.807, 2.05) is 0 Å². The highest BCUT2D eigenvalue weighted by Gasteiger charge is 2.20. The first-order valence-electron chi connectivity index (χ1n) is 5.51. The molecule has 1 aromatic carbocycles. The molecule has 0 aromatic heterocycles. The Balaban J connectivity index is 2.96. The second-order valence-electron chi connectivity index (χ2n) is 3.81. The number of hydrogen-bond acceptors (Lipinski definition) is 5. The van der Waals surface area contributed by atoms with Gasteiger partial charge in [0, 0.05) is 11.1 Å². The average Bonchev–Trinajstić information content (AvgIpc) is 2.37. The number of nitro groups is 1. The van der Waals surface area contributed by atoms with E-state index in [2.05, 4.69) is 5.32 Å². The van der Waals surface area contributed by atoms with Gasteiger partial charge in [-0.1, -0.05) is 30.3 Å². The molecule has 0 aliphatic rings. The van der Waals surface area contributed by atoms with Crippen LogP contribution in [0.4, 0.5) is 0 Å². The van der Waals surface area contributed by atoms with Gasteiger partial charge in [-0.05, 0) is 5.56 Å². The number of carboxylic acid groups (broad SMARTS) is 2. The van der Waals surface area contributed by atoms with Crippen LogP contribution in [0.1, 0.15) is 11.6 Å². The normalized spacial score (nSPS) is 11.2. The van der Waals surface area contributed by atoms with Crippen LogP contribution in [0.15, 0.2) is 42.1 Å². The van der Waals surface area contributed by atoms with Gasteiger partial charge in [0.15, 0.2) is 5.57 Å². The van der Waals surface area contributed by atoms with Crippen molar-refractivity contribution in [1.82, 2.24) is 5.32 Å². The van der Waals surface area contributed by atoms with Crippen LogP contribution in [0.3, 0.4) is 0 Å². The highest BCUT2D eigenvalue weighted by molar-refractivity contribution is 6.12. The molecule has 0 radical (unpaired) electrons. The third-order valence-corrected chi connectivity index (χ3v) is 2.42. The maximum atomic E-state index is 10.7. The number of nitrogens with one attached hydrogen (secondary N) is 1. The minimum Gasteiger partial charge on any atom is -0.477 e. The van der Waals surface area contributed by atoms with Crippen LogP contribution in [-0.4, -0.2) is 33.6 Å². The van der Waals surface area contributed by atoms with Crippen molar-refractivity contribution in [3.05, 3.63) is 57.8 Å². The molecule has 0 fully saturated rings. The van der Waals surface area contributed by atoms with Crippen LogP contribution in [0, 0.1) is 10.1 Å². The highest BCUT2D eigenvalue weighted by atomic mass is 16.6. The lowest BCUT2D eigenvalue weighted by atomic mass is 10.1. The Morgan fingerprint density at radius 2 is 1.80 bits per heavy atom. The maximum Gasteiger partial charge on any atom is 0.344 e. The van der Waals surface area contributed by atoms with E-state index in [4.69, 9.17) is 10.2 Å². The van der Waals surface area contributed by atoms with Gasteiger partial charge in [0.2, 0.25) is 6.54 Å². The minimum atomic E-state index is -1.63. The molecule has 0 saturated carbocycles. The second kappa shape index (κ2) is 6.88. The fourth-order valence-electron chi connectivity index (χ4n) is 1.49. The molecule has 0 saturated heterocycles. The van der Waals surface area contributed by atoms with Crippen molar-refractivity contribution >= 4 is 11.9 Å². The zero-order chi connectivity index (χ0) is 15.1. The first kappa shape index (κ1) is 15.2. The van der Waals surface area contributed by atoms with Crippen LogP contribution in [0.5, 0.6) is 0 Å². The molecule has 0 amide bonds. The first-order valence-corrected chi connectivity index (χ1v) is 5.51. The molecule has 0 aliphatic carbocycles. The summed E-state index contributed by atoms with van der Waals surface area (Å²) in [6.07, 6.45) is 0.756. The lowest BCUT2D eigenvalue weighted by Crippen LogP contribution is -2.26. The van der Waals surface area contributed by atoms with Crippen molar-refractivity contribution in [1.29, 1.82) is 0 Å². The molecule has 20 heavy (non-hydrogen) atoms. The molecule has 0 heterocycles. The molecule has 1 atom stereocenters. The number of carbonyl (C=O) groups is 2. The molecular weight excluding hydrogens is 268 g/mol. The van der Waals surface area contributed by atoms with Gasteiger partial charge >= 0.3 is 11.9 Å². The topological polar surface area (TPSA) is 130 Å². The summed E-state index contributed by atoms with van der Waals surface area (Å²) in [5.74, 6) is -3.25. The predicted octanol–water partition coefficient (Wildman–Crippen LogP) is 0.647. The Labute approximate surface area is 113 Å². The molecule has 3 N–H and O–H groups in total. The molecule has 1 rings (SSSR count). The summed E-state index contributed by atoms with van der Waals surface area (Å²) < 4.78 is 0.